The highest BCUT2D eigenvalue weighted by atomic mass is 35.5. The Morgan fingerprint density at radius 1 is 0.756 bits per heavy atom. The molecule has 2 atom stereocenters. The van der Waals surface area contributed by atoms with Crippen LogP contribution in [0.25, 0.3) is 66.9 Å². The molecule has 404 valence electrons. The summed E-state index contributed by atoms with van der Waals surface area (Å²) in [5.41, 5.74) is 6.46. The van der Waals surface area contributed by atoms with Gasteiger partial charge in [-0.1, -0.05) is 56.7 Å². The van der Waals surface area contributed by atoms with Gasteiger partial charge in [-0.2, -0.15) is 20.7 Å². The molecule has 0 spiro atoms. The van der Waals surface area contributed by atoms with E-state index in [-0.39, 0.29) is 41.5 Å². The van der Waals surface area contributed by atoms with Crippen LogP contribution in [0.3, 0.4) is 0 Å². The van der Waals surface area contributed by atoms with Crippen LogP contribution in [0.15, 0.2) is 61.2 Å². The summed E-state index contributed by atoms with van der Waals surface area (Å²) in [4.78, 5) is 76.9. The second kappa shape index (κ2) is 23.1. The second-order valence-electron chi connectivity index (χ2n) is 20.9. The van der Waals surface area contributed by atoms with E-state index in [4.69, 9.17) is 63.6 Å². The second-order valence-corrected chi connectivity index (χ2v) is 27.4. The minimum atomic E-state index is -1.28. The first-order valence-electron chi connectivity index (χ1n) is 26.0. The molecular weight excluding hydrogens is 1050 g/mol. The van der Waals surface area contributed by atoms with Gasteiger partial charge in [0.2, 0.25) is 11.8 Å². The van der Waals surface area contributed by atoms with Crippen LogP contribution in [0.5, 0.6) is 0 Å². The number of amides is 4. The number of nitriles is 2. The molecule has 2 aromatic carbocycles. The van der Waals surface area contributed by atoms with Gasteiger partial charge in [0.15, 0.2) is 11.3 Å². The fourth-order valence-corrected chi connectivity index (χ4v) is 10.4. The van der Waals surface area contributed by atoms with Gasteiger partial charge in [-0.3, -0.25) is 28.5 Å². The van der Waals surface area contributed by atoms with Gasteiger partial charge in [0.25, 0.3) is 11.8 Å². The Morgan fingerprint density at radius 3 is 1.76 bits per heavy atom. The number of hydrogen-bond acceptors (Lipinski definition) is 13. The molecule has 8 aromatic rings. The van der Waals surface area contributed by atoms with Crippen LogP contribution in [0.1, 0.15) is 61.3 Å². The molecule has 0 bridgehead atoms. The van der Waals surface area contributed by atoms with Crippen LogP contribution in [0, 0.1) is 34.5 Å². The van der Waals surface area contributed by atoms with Gasteiger partial charge in [-0.25, -0.2) is 19.9 Å². The van der Waals surface area contributed by atoms with Crippen molar-refractivity contribution >= 4 is 99.0 Å². The molecular formula is C54H60Cl2N16O5Si. The minimum absolute atomic E-state index is 0.142. The maximum atomic E-state index is 13.6. The van der Waals surface area contributed by atoms with Crippen LogP contribution in [-0.2, 0) is 34.1 Å². The first-order chi connectivity index (χ1) is 37.4. The topological polar surface area (TPSA) is 264 Å². The monoisotopic (exact) mass is 1110 g/mol. The fourth-order valence-electron chi connectivity index (χ4n) is 9.29. The van der Waals surface area contributed by atoms with Crippen LogP contribution in [0.2, 0.25) is 35.7 Å². The summed E-state index contributed by atoms with van der Waals surface area (Å²) < 4.78 is 11.6. The molecule has 2 fully saturated rings. The summed E-state index contributed by atoms with van der Waals surface area (Å²) in [6, 6.07) is 15.0. The van der Waals surface area contributed by atoms with Crippen molar-refractivity contribution in [3.8, 4) is 34.9 Å². The van der Waals surface area contributed by atoms with E-state index in [1.54, 1.807) is 46.8 Å². The number of nitrogens with zero attached hydrogens (tertiary/aromatic N) is 13. The van der Waals surface area contributed by atoms with Crippen molar-refractivity contribution in [1.29, 1.82) is 10.5 Å². The quantitative estimate of drug-likeness (QED) is 0.0576. The molecule has 21 nitrogen and oxygen atoms in total. The Kier molecular flexibility index (Phi) is 16.3. The third kappa shape index (κ3) is 11.6. The number of fused-ring (bicyclic) bond motifs is 4. The van der Waals surface area contributed by atoms with Gasteiger partial charge >= 0.3 is 0 Å². The molecule has 10 rings (SSSR count). The van der Waals surface area contributed by atoms with Gasteiger partial charge in [-0.15, -0.1) is 0 Å². The zero-order chi connectivity index (χ0) is 55.6. The fraction of sp³-hybridized carbons (Fsp3) is 0.407. The Morgan fingerprint density at radius 2 is 1.26 bits per heavy atom. The predicted molar refractivity (Wildman–Crippen MR) is 299 cm³/mol. The van der Waals surface area contributed by atoms with Crippen molar-refractivity contribution in [2.75, 3.05) is 32.8 Å². The van der Waals surface area contributed by atoms with E-state index in [9.17, 15) is 19.2 Å². The number of likely N-dealkylation sites (tertiary alicyclic amines) is 2. The number of hydrogen-bond donors (Lipinski definition) is 3. The molecule has 8 heterocycles. The number of halogens is 2. The Balaban J connectivity index is 0.000000193. The average Bonchev–Trinajstić information content (AvgIpc) is 4.22. The number of benzene rings is 2. The SMILES string of the molecule is CCCn1nc(-c2cnc3[nH]cc(C(=O)N[C@H](C)C(=O)N4CC(C#N)C4)c3n2)c2ccc(Cl)cc21.CCCn1nc(-c2cnc3c(n2)c(C(=O)N[C@H](C)C(=O)N2CC(C#N)C2)cn3COCC[Si](C)(C)C)c2ccc(Cl)cc21. The first kappa shape index (κ1) is 55.0. The van der Waals surface area contributed by atoms with E-state index >= 15 is 0 Å². The Labute approximate surface area is 460 Å². The van der Waals surface area contributed by atoms with Crippen molar-refractivity contribution < 1.29 is 23.9 Å². The van der Waals surface area contributed by atoms with E-state index in [0.29, 0.717) is 94.5 Å². The minimum Gasteiger partial charge on any atom is -0.361 e. The van der Waals surface area contributed by atoms with Crippen molar-refractivity contribution in [2.24, 2.45) is 11.8 Å². The molecule has 2 aliphatic heterocycles. The van der Waals surface area contributed by atoms with Crippen molar-refractivity contribution in [3.05, 3.63) is 82.4 Å². The zero-order valence-corrected chi connectivity index (χ0v) is 47.0. The lowest BCUT2D eigenvalue weighted by Gasteiger charge is -2.37. The molecule has 24 heteroatoms. The van der Waals surface area contributed by atoms with Crippen LogP contribution in [0.4, 0.5) is 0 Å². The Bertz CT molecular complexity index is 3690. The molecule has 0 unspecified atom stereocenters. The Hall–Kier alpha value is -7.76. The molecule has 78 heavy (non-hydrogen) atoms. The highest BCUT2D eigenvalue weighted by Crippen LogP contribution is 2.33. The summed E-state index contributed by atoms with van der Waals surface area (Å²) in [7, 11) is -1.28. The number of carbonyl (C=O) groups excluding carboxylic acids is 4. The molecule has 0 aliphatic carbocycles. The molecule has 2 aliphatic rings. The number of carbonyl (C=O) groups is 4. The first-order valence-corrected chi connectivity index (χ1v) is 30.4. The third-order valence-corrected chi connectivity index (χ3v) is 15.8. The number of aromatic amines is 1. The van der Waals surface area contributed by atoms with Gasteiger partial charge in [0.1, 0.15) is 52.6 Å². The van der Waals surface area contributed by atoms with Crippen LogP contribution < -0.4 is 10.6 Å². The average molecular weight is 1110 g/mol. The maximum absolute atomic E-state index is 13.6. The number of ether oxygens (including phenoxy) is 1. The molecule has 3 N–H and O–H groups in total. The molecule has 0 radical (unpaired) electrons. The van der Waals surface area contributed by atoms with E-state index in [0.717, 1.165) is 47.2 Å². The lowest BCUT2D eigenvalue weighted by molar-refractivity contribution is -0.138. The number of rotatable bonds is 17. The number of H-pyrrole nitrogens is 1. The summed E-state index contributed by atoms with van der Waals surface area (Å²) in [5.74, 6) is -1.62. The van der Waals surface area contributed by atoms with Crippen LogP contribution >= 0.6 is 23.2 Å². The van der Waals surface area contributed by atoms with Gasteiger partial charge in [0.05, 0.1) is 58.5 Å². The van der Waals surface area contributed by atoms with Crippen LogP contribution in [-0.4, -0.2) is 135 Å². The van der Waals surface area contributed by atoms with E-state index in [1.165, 1.54) is 6.20 Å². The molecule has 4 amide bonds. The number of nitrogens with one attached hydrogen (secondary N) is 3. The molecule has 0 saturated carbocycles. The highest BCUT2D eigenvalue weighted by Gasteiger charge is 2.35. The van der Waals surface area contributed by atoms with Crippen molar-refractivity contribution in [1.82, 2.24) is 69.5 Å². The van der Waals surface area contributed by atoms with E-state index in [2.05, 4.69) is 66.2 Å². The lowest BCUT2D eigenvalue weighted by atomic mass is 10.0. The largest absolute Gasteiger partial charge is 0.361 e. The van der Waals surface area contributed by atoms with Crippen molar-refractivity contribution in [3.63, 3.8) is 0 Å². The van der Waals surface area contributed by atoms with E-state index < -0.39 is 32.0 Å². The normalized spacial score (nSPS) is 14.6. The molecule has 2 saturated heterocycles. The van der Waals surface area contributed by atoms with Gasteiger partial charge in [0, 0.05) is 87.2 Å². The van der Waals surface area contributed by atoms with Gasteiger partial charge < -0.3 is 34.7 Å². The maximum Gasteiger partial charge on any atom is 0.255 e. The van der Waals surface area contributed by atoms with E-state index in [1.807, 2.05) is 45.8 Å². The molecule has 6 aromatic heterocycles. The third-order valence-electron chi connectivity index (χ3n) is 13.6. The smallest absolute Gasteiger partial charge is 0.255 e. The summed E-state index contributed by atoms with van der Waals surface area (Å²) >= 11 is 12.5. The number of aromatic nitrogens is 10. The zero-order valence-electron chi connectivity index (χ0n) is 44.5. The predicted octanol–water partition coefficient (Wildman–Crippen LogP) is 8.06. The summed E-state index contributed by atoms with van der Waals surface area (Å²) in [5, 5.41) is 36.1. The standard InChI is InChI=1S/C30H37ClN8O3Si.C24H23ClN8O2/c1-6-9-39-25-12-21(31)7-8-22(25)26(36-39)24-14-33-28-27(35-24)23(17-38(28)18-42-10-11-43(3,4)5)29(40)34-19(2)30(41)37-15-20(13-32)16-37;1-3-6-33-19-7-15(25)4-5-16(19)20(31-33)18-10-28-22-21(30-18)17(9-27-22)23(34)29-13(2)24(35)32-11-14(8-26)12-32/h7-8,12,14,17,19-20H,6,9-11,15-16,18H2,1-5H3,(H,34,40);4-5,7,9-10,13-14H,3,6,11-12H2,1-2H3,(H,27,28)(H,29,34)/t19-;13-/m11/s1. The number of aryl methyl sites for hydroxylation is 2. The van der Waals surface area contributed by atoms with Gasteiger partial charge in [-0.05, 0) is 69.1 Å². The summed E-state index contributed by atoms with van der Waals surface area (Å²) in [6.07, 6.45) is 8.29. The summed E-state index contributed by atoms with van der Waals surface area (Å²) in [6.45, 7) is 18.1. The lowest BCUT2D eigenvalue weighted by Crippen LogP contribution is -2.55. The van der Waals surface area contributed by atoms with Crippen molar-refractivity contribution in [2.45, 2.75) is 98.1 Å². The highest BCUT2D eigenvalue weighted by molar-refractivity contribution is 6.76.